The van der Waals surface area contributed by atoms with Crippen molar-refractivity contribution in [1.82, 2.24) is 15.2 Å². The second-order valence-corrected chi connectivity index (χ2v) is 4.42. The van der Waals surface area contributed by atoms with Gasteiger partial charge in [-0.05, 0) is 45.5 Å². The molecule has 2 N–H and O–H groups in total. The van der Waals surface area contributed by atoms with E-state index in [1.807, 2.05) is 6.20 Å². The summed E-state index contributed by atoms with van der Waals surface area (Å²) >= 11 is 0. The number of hydrogen-bond acceptors (Lipinski definition) is 2. The van der Waals surface area contributed by atoms with Crippen molar-refractivity contribution in [3.05, 3.63) is 24.0 Å². The smallest absolute Gasteiger partial charge is 0.0470 e. The van der Waals surface area contributed by atoms with Crippen LogP contribution in [0.5, 0.6) is 0 Å². The fourth-order valence-corrected chi connectivity index (χ4v) is 2.39. The van der Waals surface area contributed by atoms with Crippen LogP contribution in [0.4, 0.5) is 0 Å². The first-order valence-corrected chi connectivity index (χ1v) is 5.86. The topological polar surface area (TPSA) is 31.1 Å². The molecule has 2 rings (SSSR count). The van der Waals surface area contributed by atoms with E-state index in [2.05, 4.69) is 41.3 Å². The Balaban J connectivity index is 1.98. The van der Waals surface area contributed by atoms with Crippen molar-refractivity contribution in [1.29, 1.82) is 0 Å². The normalized spacial score (nSPS) is 25.3. The van der Waals surface area contributed by atoms with Gasteiger partial charge in [0.15, 0.2) is 0 Å². The second-order valence-electron chi connectivity index (χ2n) is 4.42. The maximum Gasteiger partial charge on any atom is 0.0470 e. The summed E-state index contributed by atoms with van der Waals surface area (Å²) in [4.78, 5) is 5.86. The molecule has 0 bridgehead atoms. The number of likely N-dealkylation sites (tertiary alicyclic amines) is 1. The predicted octanol–water partition coefficient (Wildman–Crippen LogP) is 1.76. The molecule has 2 unspecified atom stereocenters. The Bertz CT molecular complexity index is 281. The minimum atomic E-state index is 0.510. The predicted molar refractivity (Wildman–Crippen MR) is 62.9 cm³/mol. The van der Waals surface area contributed by atoms with Gasteiger partial charge in [-0.3, -0.25) is 4.90 Å². The third-order valence-corrected chi connectivity index (χ3v) is 3.48. The number of piperidine rings is 1. The van der Waals surface area contributed by atoms with Gasteiger partial charge in [0.05, 0.1) is 0 Å². The lowest BCUT2D eigenvalue weighted by molar-refractivity contribution is 0.147. The Morgan fingerprint density at radius 3 is 3.13 bits per heavy atom. The fraction of sp³-hybridized carbons (Fsp3) is 0.667. The van der Waals surface area contributed by atoms with Crippen molar-refractivity contribution in [3.8, 4) is 0 Å². The summed E-state index contributed by atoms with van der Waals surface area (Å²) in [5, 5.41) is 3.38. The van der Waals surface area contributed by atoms with Crippen LogP contribution >= 0.6 is 0 Å². The van der Waals surface area contributed by atoms with Gasteiger partial charge in [-0.1, -0.05) is 0 Å². The summed E-state index contributed by atoms with van der Waals surface area (Å²) < 4.78 is 0. The molecule has 0 amide bonds. The molecule has 2 heterocycles. The summed E-state index contributed by atoms with van der Waals surface area (Å²) in [6, 6.07) is 5.42. The van der Waals surface area contributed by atoms with Gasteiger partial charge in [0.1, 0.15) is 0 Å². The van der Waals surface area contributed by atoms with Crippen molar-refractivity contribution in [2.24, 2.45) is 0 Å². The van der Waals surface area contributed by atoms with Gasteiger partial charge in [-0.15, -0.1) is 0 Å². The van der Waals surface area contributed by atoms with E-state index in [9.17, 15) is 0 Å². The van der Waals surface area contributed by atoms with Gasteiger partial charge in [-0.25, -0.2) is 0 Å². The Kier molecular flexibility index (Phi) is 3.44. The SMILES string of the molecule is CNC1CCCN(C(C)c2ccc[nH]2)C1. The van der Waals surface area contributed by atoms with Crippen molar-refractivity contribution in [2.45, 2.75) is 31.8 Å². The van der Waals surface area contributed by atoms with Crippen LogP contribution in [0.15, 0.2) is 18.3 Å². The average Bonchev–Trinajstić information content (AvgIpc) is 2.81. The fourth-order valence-electron chi connectivity index (χ4n) is 2.39. The van der Waals surface area contributed by atoms with Gasteiger partial charge in [0, 0.05) is 30.5 Å². The lowest BCUT2D eigenvalue weighted by Crippen LogP contribution is -2.45. The van der Waals surface area contributed by atoms with E-state index in [-0.39, 0.29) is 0 Å². The first kappa shape index (κ1) is 10.7. The molecule has 15 heavy (non-hydrogen) atoms. The number of hydrogen-bond donors (Lipinski definition) is 2. The van der Waals surface area contributed by atoms with Crippen molar-refractivity contribution in [3.63, 3.8) is 0 Å². The minimum Gasteiger partial charge on any atom is -0.364 e. The van der Waals surface area contributed by atoms with Gasteiger partial charge < -0.3 is 10.3 Å². The van der Waals surface area contributed by atoms with Crippen LogP contribution in [-0.4, -0.2) is 36.1 Å². The van der Waals surface area contributed by atoms with E-state index < -0.39 is 0 Å². The van der Waals surface area contributed by atoms with E-state index in [0.29, 0.717) is 12.1 Å². The molecule has 0 radical (unpaired) electrons. The summed E-state index contributed by atoms with van der Waals surface area (Å²) in [7, 11) is 2.06. The quantitative estimate of drug-likeness (QED) is 0.791. The van der Waals surface area contributed by atoms with E-state index in [1.165, 1.54) is 25.1 Å². The maximum absolute atomic E-state index is 3.38. The summed E-state index contributed by atoms with van der Waals surface area (Å²) in [6.07, 6.45) is 4.62. The van der Waals surface area contributed by atoms with Gasteiger partial charge >= 0.3 is 0 Å². The van der Waals surface area contributed by atoms with E-state index in [1.54, 1.807) is 0 Å². The van der Waals surface area contributed by atoms with Gasteiger partial charge in [0.2, 0.25) is 0 Å². The zero-order valence-corrected chi connectivity index (χ0v) is 9.66. The summed E-state index contributed by atoms with van der Waals surface area (Å²) in [5.74, 6) is 0. The Labute approximate surface area is 91.9 Å². The number of aromatic amines is 1. The lowest BCUT2D eigenvalue weighted by Gasteiger charge is -2.36. The lowest BCUT2D eigenvalue weighted by atomic mass is 10.0. The standard InChI is InChI=1S/C12H21N3/c1-10(12-6-3-7-14-12)15-8-4-5-11(9-15)13-2/h3,6-7,10-11,13-14H,4-5,8-9H2,1-2H3. The molecule has 1 saturated heterocycles. The summed E-state index contributed by atoms with van der Waals surface area (Å²) in [6.45, 7) is 4.67. The molecule has 0 spiro atoms. The number of nitrogens with zero attached hydrogens (tertiary/aromatic N) is 1. The molecule has 3 heteroatoms. The molecular weight excluding hydrogens is 186 g/mol. The molecule has 1 aromatic rings. The first-order chi connectivity index (χ1) is 7.31. The van der Waals surface area contributed by atoms with Crippen LogP contribution in [0.3, 0.4) is 0 Å². The average molecular weight is 207 g/mol. The largest absolute Gasteiger partial charge is 0.364 e. The molecule has 1 aliphatic heterocycles. The molecule has 2 atom stereocenters. The number of H-pyrrole nitrogens is 1. The molecule has 0 saturated carbocycles. The Hall–Kier alpha value is -0.800. The number of aromatic nitrogens is 1. The number of rotatable bonds is 3. The van der Waals surface area contributed by atoms with Crippen LogP contribution in [-0.2, 0) is 0 Å². The number of nitrogens with one attached hydrogen (secondary N) is 2. The molecule has 1 aromatic heterocycles. The molecule has 3 nitrogen and oxygen atoms in total. The van der Waals surface area contributed by atoms with E-state index in [0.717, 1.165) is 6.54 Å². The van der Waals surface area contributed by atoms with Crippen LogP contribution in [0.1, 0.15) is 31.5 Å². The summed E-state index contributed by atoms with van der Waals surface area (Å²) in [5.41, 5.74) is 1.33. The van der Waals surface area contributed by atoms with E-state index >= 15 is 0 Å². The van der Waals surface area contributed by atoms with Crippen LogP contribution in [0.25, 0.3) is 0 Å². The highest BCUT2D eigenvalue weighted by molar-refractivity contribution is 5.08. The van der Waals surface area contributed by atoms with Crippen LogP contribution < -0.4 is 5.32 Å². The van der Waals surface area contributed by atoms with Crippen molar-refractivity contribution < 1.29 is 0 Å². The Morgan fingerprint density at radius 2 is 2.47 bits per heavy atom. The molecule has 0 aromatic carbocycles. The zero-order chi connectivity index (χ0) is 10.7. The molecule has 1 fully saturated rings. The highest BCUT2D eigenvalue weighted by Crippen LogP contribution is 2.22. The molecule has 84 valence electrons. The molecule has 1 aliphatic rings. The highest BCUT2D eigenvalue weighted by Gasteiger charge is 2.23. The van der Waals surface area contributed by atoms with Crippen molar-refractivity contribution >= 4 is 0 Å². The highest BCUT2D eigenvalue weighted by atomic mass is 15.2. The molecule has 0 aliphatic carbocycles. The Morgan fingerprint density at radius 1 is 1.60 bits per heavy atom. The van der Waals surface area contributed by atoms with Gasteiger partial charge in [-0.2, -0.15) is 0 Å². The van der Waals surface area contributed by atoms with Crippen LogP contribution in [0, 0.1) is 0 Å². The van der Waals surface area contributed by atoms with Crippen molar-refractivity contribution in [2.75, 3.05) is 20.1 Å². The minimum absolute atomic E-state index is 0.510. The third-order valence-electron chi connectivity index (χ3n) is 3.48. The molecular formula is C12H21N3. The van der Waals surface area contributed by atoms with E-state index in [4.69, 9.17) is 0 Å². The third kappa shape index (κ3) is 2.41. The van der Waals surface area contributed by atoms with Gasteiger partial charge in [0.25, 0.3) is 0 Å². The number of likely N-dealkylation sites (N-methyl/N-ethyl adjacent to an activating group) is 1. The van der Waals surface area contributed by atoms with Crippen LogP contribution in [0.2, 0.25) is 0 Å². The monoisotopic (exact) mass is 207 g/mol. The maximum atomic E-state index is 3.38. The first-order valence-electron chi connectivity index (χ1n) is 5.86. The zero-order valence-electron chi connectivity index (χ0n) is 9.66. The second kappa shape index (κ2) is 4.81.